The van der Waals surface area contributed by atoms with Crippen LogP contribution in [0.2, 0.25) is 0 Å². The summed E-state index contributed by atoms with van der Waals surface area (Å²) < 4.78 is 0. The number of nitro benzene ring substituents is 1. The van der Waals surface area contributed by atoms with Crippen molar-refractivity contribution >= 4 is 39.2 Å². The highest BCUT2D eigenvalue weighted by Gasteiger charge is 2.17. The summed E-state index contributed by atoms with van der Waals surface area (Å²) in [6.45, 7) is 0. The summed E-state index contributed by atoms with van der Waals surface area (Å²) in [5.74, 6) is 1.09. The number of non-ortho nitro benzene ring substituents is 1. The topological polar surface area (TPSA) is 125 Å². The van der Waals surface area contributed by atoms with Gasteiger partial charge in [-0.2, -0.15) is 5.10 Å². The van der Waals surface area contributed by atoms with Crippen molar-refractivity contribution in [2.24, 2.45) is 5.10 Å². The van der Waals surface area contributed by atoms with Gasteiger partial charge in [0.1, 0.15) is 0 Å². The van der Waals surface area contributed by atoms with Gasteiger partial charge in [-0.05, 0) is 36.4 Å². The van der Waals surface area contributed by atoms with Crippen LogP contribution in [0.25, 0.3) is 22.1 Å². The van der Waals surface area contributed by atoms with Gasteiger partial charge < -0.3 is 9.97 Å². The Morgan fingerprint density at radius 3 is 1.87 bits per heavy atom. The number of benzene rings is 3. The third-order valence-electron chi connectivity index (χ3n) is 4.60. The number of rotatable bonds is 5. The normalized spacial score (nSPS) is 10.9. The van der Waals surface area contributed by atoms with Crippen LogP contribution in [-0.2, 0) is 0 Å². The number of fused-ring (bicyclic) bond motifs is 2. The number of hydrogen-bond donors (Lipinski definition) is 3. The predicted octanol–water partition coefficient (Wildman–Crippen LogP) is 4.21. The molecule has 5 aromatic rings. The zero-order chi connectivity index (χ0) is 20.5. The van der Waals surface area contributed by atoms with Crippen molar-refractivity contribution < 1.29 is 4.92 Å². The quantitative estimate of drug-likeness (QED) is 0.233. The SMILES string of the molecule is O=[N+]([O-])c1ccc(NN=C(c2nc3ccccc3[nH]2)c2nc3ccccc3[nH]2)cc1. The first kappa shape index (κ1) is 17.6. The minimum Gasteiger partial charge on any atom is -0.336 e. The summed E-state index contributed by atoms with van der Waals surface area (Å²) in [6.07, 6.45) is 0. The number of hydrogen-bond acceptors (Lipinski definition) is 6. The fraction of sp³-hybridized carbons (Fsp3) is 0. The second kappa shape index (κ2) is 7.13. The monoisotopic (exact) mass is 397 g/mol. The van der Waals surface area contributed by atoms with Gasteiger partial charge in [0.25, 0.3) is 5.69 Å². The van der Waals surface area contributed by atoms with E-state index < -0.39 is 4.92 Å². The number of imidazole rings is 2. The summed E-state index contributed by atoms with van der Waals surface area (Å²) in [4.78, 5) is 26.2. The first-order valence-electron chi connectivity index (χ1n) is 9.16. The second-order valence-electron chi connectivity index (χ2n) is 6.58. The Labute approximate surface area is 169 Å². The molecule has 0 aliphatic heterocycles. The Balaban J connectivity index is 1.58. The molecule has 0 aliphatic rings. The molecule has 0 atom stereocenters. The third kappa shape index (κ3) is 3.24. The van der Waals surface area contributed by atoms with Gasteiger partial charge in [0.05, 0.1) is 32.7 Å². The van der Waals surface area contributed by atoms with Gasteiger partial charge in [0, 0.05) is 12.1 Å². The first-order valence-corrected chi connectivity index (χ1v) is 9.16. The smallest absolute Gasteiger partial charge is 0.269 e. The number of aromatic nitrogens is 4. The molecule has 30 heavy (non-hydrogen) atoms. The van der Waals surface area contributed by atoms with Gasteiger partial charge in [-0.15, -0.1) is 0 Å². The molecule has 0 saturated carbocycles. The molecule has 3 N–H and O–H groups in total. The van der Waals surface area contributed by atoms with Gasteiger partial charge in [0.15, 0.2) is 17.4 Å². The van der Waals surface area contributed by atoms with Crippen LogP contribution < -0.4 is 5.43 Å². The summed E-state index contributed by atoms with van der Waals surface area (Å²) in [5.41, 5.74) is 7.43. The maximum Gasteiger partial charge on any atom is 0.269 e. The van der Waals surface area contributed by atoms with Crippen LogP contribution in [0, 0.1) is 10.1 Å². The van der Waals surface area contributed by atoms with Crippen LogP contribution in [0.3, 0.4) is 0 Å². The van der Waals surface area contributed by atoms with Crippen molar-refractivity contribution in [3.8, 4) is 0 Å². The van der Waals surface area contributed by atoms with Crippen molar-refractivity contribution in [3.63, 3.8) is 0 Å². The minimum atomic E-state index is -0.443. The van der Waals surface area contributed by atoms with E-state index in [1.54, 1.807) is 12.1 Å². The molecule has 0 aliphatic carbocycles. The van der Waals surface area contributed by atoms with Gasteiger partial charge >= 0.3 is 0 Å². The van der Waals surface area contributed by atoms with E-state index in [1.807, 2.05) is 48.5 Å². The number of anilines is 1. The highest BCUT2D eigenvalue weighted by Crippen LogP contribution is 2.18. The van der Waals surface area contributed by atoms with E-state index in [0.717, 1.165) is 22.1 Å². The summed E-state index contributed by atoms with van der Waals surface area (Å²) in [6, 6.07) is 21.4. The third-order valence-corrected chi connectivity index (χ3v) is 4.60. The lowest BCUT2D eigenvalue weighted by Gasteiger charge is -2.03. The average molecular weight is 397 g/mol. The molecule has 2 aromatic heterocycles. The summed E-state index contributed by atoms with van der Waals surface area (Å²) >= 11 is 0. The maximum absolute atomic E-state index is 10.9. The molecule has 0 spiro atoms. The maximum atomic E-state index is 10.9. The number of nitrogens with zero attached hydrogens (tertiary/aromatic N) is 4. The lowest BCUT2D eigenvalue weighted by atomic mass is 10.3. The molecule has 146 valence electrons. The second-order valence-corrected chi connectivity index (χ2v) is 6.58. The van der Waals surface area contributed by atoms with Crippen LogP contribution in [0.1, 0.15) is 11.6 Å². The zero-order valence-electron chi connectivity index (χ0n) is 15.5. The zero-order valence-corrected chi connectivity index (χ0v) is 15.5. The van der Waals surface area contributed by atoms with Crippen molar-refractivity contribution in [3.05, 3.63) is 94.6 Å². The first-order chi connectivity index (χ1) is 14.7. The van der Waals surface area contributed by atoms with Crippen LogP contribution in [0.5, 0.6) is 0 Å². The van der Waals surface area contributed by atoms with E-state index in [9.17, 15) is 10.1 Å². The summed E-state index contributed by atoms with van der Waals surface area (Å²) in [5, 5.41) is 15.4. The van der Waals surface area contributed by atoms with E-state index in [2.05, 4.69) is 30.5 Å². The minimum absolute atomic E-state index is 0.0133. The molecule has 0 saturated heterocycles. The number of nitrogens with one attached hydrogen (secondary N) is 3. The van der Waals surface area contributed by atoms with Gasteiger partial charge in [-0.3, -0.25) is 15.5 Å². The average Bonchev–Trinajstić information content (AvgIpc) is 3.38. The highest BCUT2D eigenvalue weighted by molar-refractivity contribution is 6.11. The van der Waals surface area contributed by atoms with Crippen LogP contribution in [-0.4, -0.2) is 30.6 Å². The Morgan fingerprint density at radius 1 is 0.833 bits per heavy atom. The van der Waals surface area contributed by atoms with Gasteiger partial charge in [-0.25, -0.2) is 9.97 Å². The molecule has 0 fully saturated rings. The largest absolute Gasteiger partial charge is 0.336 e. The molecule has 0 amide bonds. The number of nitro groups is 1. The number of para-hydroxylation sites is 4. The molecule has 9 heteroatoms. The molecule has 0 bridgehead atoms. The van der Waals surface area contributed by atoms with Crippen LogP contribution >= 0.6 is 0 Å². The van der Waals surface area contributed by atoms with E-state index in [0.29, 0.717) is 23.0 Å². The Hall–Kier alpha value is -4.53. The van der Waals surface area contributed by atoms with Crippen LogP contribution in [0.4, 0.5) is 11.4 Å². The summed E-state index contributed by atoms with van der Waals surface area (Å²) in [7, 11) is 0. The molecular formula is C21H15N7O2. The van der Waals surface area contributed by atoms with Crippen molar-refractivity contribution in [2.75, 3.05) is 5.43 Å². The molecule has 9 nitrogen and oxygen atoms in total. The standard InChI is InChI=1S/C21H15N7O2/c29-28(30)14-11-9-13(10-12-14)26-27-19(20-22-15-5-1-2-6-16(15)23-20)21-24-17-7-3-4-8-18(17)25-21/h1-12,26H,(H,22,23)(H,24,25). The van der Waals surface area contributed by atoms with Crippen molar-refractivity contribution in [1.29, 1.82) is 0 Å². The Kier molecular flexibility index (Phi) is 4.18. The van der Waals surface area contributed by atoms with Crippen molar-refractivity contribution in [1.82, 2.24) is 19.9 Å². The lowest BCUT2D eigenvalue weighted by molar-refractivity contribution is -0.384. The molecule has 3 aromatic carbocycles. The Bertz CT molecular complexity index is 1260. The molecule has 0 unspecified atom stereocenters. The van der Waals surface area contributed by atoms with Gasteiger partial charge in [-0.1, -0.05) is 24.3 Å². The lowest BCUT2D eigenvalue weighted by Crippen LogP contribution is -2.10. The predicted molar refractivity (Wildman–Crippen MR) is 115 cm³/mol. The Morgan fingerprint density at radius 2 is 1.37 bits per heavy atom. The van der Waals surface area contributed by atoms with Gasteiger partial charge in [0.2, 0.25) is 0 Å². The highest BCUT2D eigenvalue weighted by atomic mass is 16.6. The van der Waals surface area contributed by atoms with E-state index in [-0.39, 0.29) is 5.69 Å². The van der Waals surface area contributed by atoms with Crippen molar-refractivity contribution in [2.45, 2.75) is 0 Å². The number of aromatic amines is 2. The molecule has 2 heterocycles. The number of H-pyrrole nitrogens is 2. The molecule has 0 radical (unpaired) electrons. The van der Waals surface area contributed by atoms with E-state index in [1.165, 1.54) is 12.1 Å². The fourth-order valence-electron chi connectivity index (χ4n) is 3.13. The fourth-order valence-corrected chi connectivity index (χ4v) is 3.13. The van der Waals surface area contributed by atoms with E-state index in [4.69, 9.17) is 0 Å². The van der Waals surface area contributed by atoms with E-state index >= 15 is 0 Å². The molecular weight excluding hydrogens is 382 g/mol. The van der Waals surface area contributed by atoms with Crippen LogP contribution in [0.15, 0.2) is 77.9 Å². The number of hydrazone groups is 1. The molecule has 5 rings (SSSR count).